The van der Waals surface area contributed by atoms with E-state index in [1.807, 2.05) is 9.80 Å². The van der Waals surface area contributed by atoms with Crippen LogP contribution in [0.4, 0.5) is 9.59 Å². The van der Waals surface area contributed by atoms with Gasteiger partial charge in [-0.15, -0.1) is 0 Å². The lowest BCUT2D eigenvalue weighted by Gasteiger charge is -2.56. The molecule has 0 saturated carbocycles. The molecule has 0 N–H and O–H groups in total. The second-order valence-corrected chi connectivity index (χ2v) is 11.8. The minimum Gasteiger partial charge on any atom is -0.481 e. The van der Waals surface area contributed by atoms with Crippen LogP contribution in [-0.2, 0) is 0 Å². The van der Waals surface area contributed by atoms with E-state index in [4.69, 9.17) is 18.9 Å². The average molecular weight is 599 g/mol. The summed E-state index contributed by atoms with van der Waals surface area (Å²) >= 11 is 0. The molecule has 2 aromatic heterocycles. The molecule has 4 aliphatic heterocycles. The van der Waals surface area contributed by atoms with E-state index in [0.717, 1.165) is 39.0 Å². The number of piperidine rings is 1. The highest BCUT2D eigenvalue weighted by Gasteiger charge is 2.49. The Kier molecular flexibility index (Phi) is 10.3. The van der Waals surface area contributed by atoms with Gasteiger partial charge in [-0.05, 0) is 52.7 Å². The Balaban J connectivity index is 0.000000192. The van der Waals surface area contributed by atoms with Gasteiger partial charge in [0, 0.05) is 62.5 Å². The van der Waals surface area contributed by atoms with Crippen LogP contribution in [-0.4, -0.2) is 118 Å². The Hall–Kier alpha value is -3.64. The van der Waals surface area contributed by atoms with E-state index in [-0.39, 0.29) is 37.7 Å². The van der Waals surface area contributed by atoms with Crippen LogP contribution in [0.15, 0.2) is 36.7 Å². The van der Waals surface area contributed by atoms with Crippen molar-refractivity contribution in [3.05, 3.63) is 36.7 Å². The maximum Gasteiger partial charge on any atom is 0.415 e. The van der Waals surface area contributed by atoms with Crippen LogP contribution < -0.4 is 18.9 Å². The van der Waals surface area contributed by atoms with E-state index in [2.05, 4.69) is 47.5 Å². The number of methoxy groups -OCH3 is 2. The predicted octanol–water partition coefficient (Wildman–Crippen LogP) is 4.15. The van der Waals surface area contributed by atoms with Gasteiger partial charge in [-0.2, -0.15) is 0 Å². The highest BCUT2D eigenvalue weighted by atomic mass is 16.6. The molecule has 0 aromatic carbocycles. The minimum atomic E-state index is -0.280. The Morgan fingerprint density at radius 1 is 0.721 bits per heavy atom. The monoisotopic (exact) mass is 598 g/mol. The molecule has 4 atom stereocenters. The second kappa shape index (κ2) is 13.8. The van der Waals surface area contributed by atoms with Crippen LogP contribution in [0.2, 0.25) is 0 Å². The molecule has 6 rings (SSSR count). The van der Waals surface area contributed by atoms with Crippen molar-refractivity contribution in [2.75, 3.05) is 40.4 Å². The summed E-state index contributed by atoms with van der Waals surface area (Å²) in [5.41, 5.74) is 0. The van der Waals surface area contributed by atoms with Crippen molar-refractivity contribution in [1.29, 1.82) is 0 Å². The van der Waals surface area contributed by atoms with Gasteiger partial charge in [0.25, 0.3) is 0 Å². The zero-order valence-corrected chi connectivity index (χ0v) is 25.3. The van der Waals surface area contributed by atoms with Crippen LogP contribution in [0.5, 0.6) is 23.3 Å². The molecule has 12 nitrogen and oxygen atoms in total. The Morgan fingerprint density at radius 3 is 1.67 bits per heavy atom. The first-order chi connectivity index (χ1) is 20.2. The third-order valence-corrected chi connectivity index (χ3v) is 8.59. The molecule has 0 aliphatic carbocycles. The molecule has 4 saturated heterocycles. The van der Waals surface area contributed by atoms with Crippen molar-refractivity contribution < 1.29 is 28.5 Å². The van der Waals surface area contributed by atoms with Gasteiger partial charge >= 0.3 is 12.2 Å². The molecule has 0 spiro atoms. The number of rotatable bonds is 6. The Bertz CT molecular complexity index is 1150. The summed E-state index contributed by atoms with van der Waals surface area (Å²) in [6.45, 7) is 12.4. The van der Waals surface area contributed by atoms with Gasteiger partial charge in [0.05, 0.1) is 38.7 Å². The third-order valence-electron chi connectivity index (χ3n) is 8.59. The van der Waals surface area contributed by atoms with E-state index in [1.165, 1.54) is 12.4 Å². The number of nitrogens with zero attached hydrogens (tertiary/aromatic N) is 6. The third kappa shape index (κ3) is 7.13. The number of piperazine rings is 2. The van der Waals surface area contributed by atoms with Gasteiger partial charge in [0.15, 0.2) is 11.5 Å². The summed E-state index contributed by atoms with van der Waals surface area (Å²) in [6, 6.07) is 9.11. The normalized spacial score (nSPS) is 24.1. The maximum absolute atomic E-state index is 12.3. The van der Waals surface area contributed by atoms with Crippen LogP contribution in [0.3, 0.4) is 0 Å². The zero-order chi connectivity index (χ0) is 30.0. The number of fused-ring (bicyclic) bond motifs is 4. The van der Waals surface area contributed by atoms with Gasteiger partial charge in [0.2, 0.25) is 11.8 Å². The van der Waals surface area contributed by atoms with E-state index in [0.29, 0.717) is 41.4 Å². The lowest BCUT2D eigenvalue weighted by atomic mass is 9.87. The molecule has 12 heteroatoms. The standard InChI is InChI=1S/2C15H21N3O3.CH4/c1-10(2)17-8-12-6-11(17)9-18(12)15(19)21-13-4-5-14(20-3)16-7-13;1-10(2)17-8-11-6-12(9-17)18(11)15(19)21-13-4-5-14(20-3)16-7-13;/h2*4-5,7,10-12H,6,8-9H2,1-3H3;1H4. The van der Waals surface area contributed by atoms with Crippen LogP contribution in [0.1, 0.15) is 48.0 Å². The molecule has 4 bridgehead atoms. The quantitative estimate of drug-likeness (QED) is 0.481. The SMILES string of the molecule is C.COc1ccc(OC(=O)N2C3CC2CN(C(C)C)C3)cn1.COc1ccc(OC(=O)N2CC3CC2CN3C(C)C)cn1. The highest BCUT2D eigenvalue weighted by molar-refractivity contribution is 5.73. The molecule has 6 heterocycles. The van der Waals surface area contributed by atoms with E-state index in [9.17, 15) is 9.59 Å². The summed E-state index contributed by atoms with van der Waals surface area (Å²) in [5.74, 6) is 1.90. The summed E-state index contributed by atoms with van der Waals surface area (Å²) < 4.78 is 20.8. The van der Waals surface area contributed by atoms with E-state index < -0.39 is 0 Å². The van der Waals surface area contributed by atoms with Crippen molar-refractivity contribution >= 4 is 12.2 Å². The molecule has 0 radical (unpaired) electrons. The smallest absolute Gasteiger partial charge is 0.415 e. The number of carbonyl (C=O) groups is 2. The van der Waals surface area contributed by atoms with Gasteiger partial charge < -0.3 is 23.8 Å². The number of likely N-dealkylation sites (tertiary alicyclic amines) is 4. The number of pyridine rings is 2. The zero-order valence-electron chi connectivity index (χ0n) is 25.3. The summed E-state index contributed by atoms with van der Waals surface area (Å²) in [4.78, 5) is 41.2. The van der Waals surface area contributed by atoms with E-state index >= 15 is 0 Å². The maximum atomic E-state index is 12.3. The molecule has 4 aliphatic rings. The molecule has 2 aromatic rings. The van der Waals surface area contributed by atoms with Crippen molar-refractivity contribution in [2.24, 2.45) is 0 Å². The number of carbonyl (C=O) groups excluding carboxylic acids is 2. The predicted molar refractivity (Wildman–Crippen MR) is 162 cm³/mol. The highest BCUT2D eigenvalue weighted by Crippen LogP contribution is 2.34. The first-order valence-electron chi connectivity index (χ1n) is 14.6. The first-order valence-corrected chi connectivity index (χ1v) is 14.6. The summed E-state index contributed by atoms with van der Waals surface area (Å²) in [7, 11) is 3.10. The van der Waals surface area contributed by atoms with Crippen molar-refractivity contribution in [1.82, 2.24) is 29.6 Å². The minimum absolute atomic E-state index is 0. The summed E-state index contributed by atoms with van der Waals surface area (Å²) in [6.07, 6.45) is 4.59. The number of aromatic nitrogens is 2. The molecule has 2 amide bonds. The molecule has 4 unspecified atom stereocenters. The summed E-state index contributed by atoms with van der Waals surface area (Å²) in [5, 5.41) is 0. The van der Waals surface area contributed by atoms with E-state index in [1.54, 1.807) is 38.5 Å². The largest absolute Gasteiger partial charge is 0.481 e. The topological polar surface area (TPSA) is 110 Å². The molecular formula is C31H46N6O6. The van der Waals surface area contributed by atoms with Gasteiger partial charge in [-0.3, -0.25) is 14.7 Å². The van der Waals surface area contributed by atoms with Crippen molar-refractivity contribution in [3.8, 4) is 23.3 Å². The lowest BCUT2D eigenvalue weighted by Crippen LogP contribution is -2.71. The molecular weight excluding hydrogens is 552 g/mol. The van der Waals surface area contributed by atoms with Crippen LogP contribution in [0, 0.1) is 0 Å². The van der Waals surface area contributed by atoms with Crippen molar-refractivity contribution in [2.45, 2.75) is 84.2 Å². The van der Waals surface area contributed by atoms with Gasteiger partial charge in [0.1, 0.15) is 0 Å². The second-order valence-electron chi connectivity index (χ2n) is 11.8. The first kappa shape index (κ1) is 32.3. The van der Waals surface area contributed by atoms with Crippen LogP contribution in [0.25, 0.3) is 0 Å². The fraction of sp³-hybridized carbons (Fsp3) is 0.613. The molecule has 236 valence electrons. The molecule has 43 heavy (non-hydrogen) atoms. The van der Waals surface area contributed by atoms with Crippen LogP contribution >= 0.6 is 0 Å². The number of hydrogen-bond donors (Lipinski definition) is 0. The number of amides is 2. The fourth-order valence-electron chi connectivity index (χ4n) is 6.32. The Morgan fingerprint density at radius 2 is 1.26 bits per heavy atom. The fourth-order valence-corrected chi connectivity index (χ4v) is 6.32. The molecule has 4 fully saturated rings. The number of hydrogen-bond acceptors (Lipinski definition) is 10. The van der Waals surface area contributed by atoms with Gasteiger partial charge in [-0.1, -0.05) is 7.43 Å². The van der Waals surface area contributed by atoms with Crippen molar-refractivity contribution in [3.63, 3.8) is 0 Å². The van der Waals surface area contributed by atoms with Gasteiger partial charge in [-0.25, -0.2) is 19.6 Å². The Labute approximate surface area is 254 Å². The lowest BCUT2D eigenvalue weighted by molar-refractivity contribution is -0.0577. The number of ether oxygens (including phenoxy) is 4. The average Bonchev–Trinajstić information content (AvgIpc) is 3.60.